The van der Waals surface area contributed by atoms with E-state index in [0.717, 1.165) is 24.1 Å². The first-order valence-corrected chi connectivity index (χ1v) is 6.53. The van der Waals surface area contributed by atoms with E-state index in [9.17, 15) is 4.79 Å². The monoisotopic (exact) mass is 240 g/mol. The van der Waals surface area contributed by atoms with Gasteiger partial charge in [-0.25, -0.2) is 0 Å². The maximum Gasteiger partial charge on any atom is 0.261 e. The summed E-state index contributed by atoms with van der Waals surface area (Å²) < 4.78 is 0. The molecule has 0 saturated carbocycles. The molecule has 0 aliphatic heterocycles. The van der Waals surface area contributed by atoms with E-state index in [1.807, 2.05) is 13.8 Å². The summed E-state index contributed by atoms with van der Waals surface area (Å²) in [4.78, 5) is 13.5. The molecule has 90 valence electrons. The Kier molecular flexibility index (Phi) is 4.80. The van der Waals surface area contributed by atoms with Crippen molar-refractivity contribution in [1.82, 2.24) is 5.32 Å². The highest BCUT2D eigenvalue weighted by Crippen LogP contribution is 2.23. The van der Waals surface area contributed by atoms with E-state index in [2.05, 4.69) is 12.2 Å². The van der Waals surface area contributed by atoms with Crippen LogP contribution in [0.2, 0.25) is 0 Å². The van der Waals surface area contributed by atoms with Gasteiger partial charge >= 0.3 is 0 Å². The quantitative estimate of drug-likeness (QED) is 0.831. The van der Waals surface area contributed by atoms with Gasteiger partial charge < -0.3 is 11.1 Å². The third-order valence-corrected chi connectivity index (χ3v) is 3.61. The van der Waals surface area contributed by atoms with Crippen molar-refractivity contribution in [2.75, 3.05) is 5.73 Å². The van der Waals surface area contributed by atoms with Crippen molar-refractivity contribution in [3.05, 3.63) is 15.8 Å². The molecule has 1 rings (SSSR count). The number of hydrogen-bond acceptors (Lipinski definition) is 3. The summed E-state index contributed by atoms with van der Waals surface area (Å²) >= 11 is 1.45. The summed E-state index contributed by atoms with van der Waals surface area (Å²) in [5.41, 5.74) is 6.42. The second-order valence-corrected chi connectivity index (χ2v) is 5.40. The molecule has 0 bridgehead atoms. The molecule has 1 atom stereocenters. The highest BCUT2D eigenvalue weighted by molar-refractivity contribution is 7.14. The number of rotatable bonds is 5. The van der Waals surface area contributed by atoms with E-state index in [0.29, 0.717) is 10.6 Å². The van der Waals surface area contributed by atoms with Crippen molar-refractivity contribution in [3.8, 4) is 0 Å². The number of nitrogens with one attached hydrogen (secondary N) is 1. The Morgan fingerprint density at radius 1 is 1.62 bits per heavy atom. The molecule has 1 unspecified atom stereocenters. The van der Waals surface area contributed by atoms with Gasteiger partial charge in [-0.05, 0) is 26.3 Å². The van der Waals surface area contributed by atoms with Gasteiger partial charge in [-0.3, -0.25) is 4.79 Å². The lowest BCUT2D eigenvalue weighted by Gasteiger charge is -2.12. The molecule has 4 heteroatoms. The zero-order chi connectivity index (χ0) is 12.1. The fraction of sp³-hybridized carbons (Fsp3) is 0.583. The lowest BCUT2D eigenvalue weighted by Crippen LogP contribution is -2.31. The highest BCUT2D eigenvalue weighted by Gasteiger charge is 2.12. The van der Waals surface area contributed by atoms with Crippen LogP contribution in [0.4, 0.5) is 5.69 Å². The zero-order valence-corrected chi connectivity index (χ0v) is 11.0. The van der Waals surface area contributed by atoms with Gasteiger partial charge in [0.15, 0.2) is 0 Å². The number of thiophene rings is 1. The smallest absolute Gasteiger partial charge is 0.261 e. The van der Waals surface area contributed by atoms with Gasteiger partial charge in [-0.2, -0.15) is 0 Å². The van der Waals surface area contributed by atoms with Crippen LogP contribution in [0.3, 0.4) is 0 Å². The van der Waals surface area contributed by atoms with Crippen LogP contribution in [0.5, 0.6) is 0 Å². The largest absolute Gasteiger partial charge is 0.398 e. The summed E-state index contributed by atoms with van der Waals surface area (Å²) in [6.45, 7) is 6.12. The number of hydrogen-bond donors (Lipinski definition) is 2. The van der Waals surface area contributed by atoms with Crippen LogP contribution >= 0.6 is 11.3 Å². The van der Waals surface area contributed by atoms with Gasteiger partial charge in [0.05, 0.1) is 4.88 Å². The number of unbranched alkanes of at least 4 members (excludes halogenated alkanes) is 1. The zero-order valence-electron chi connectivity index (χ0n) is 10.2. The van der Waals surface area contributed by atoms with Crippen molar-refractivity contribution in [2.24, 2.45) is 0 Å². The molecule has 1 aromatic rings. The van der Waals surface area contributed by atoms with Crippen molar-refractivity contribution in [1.29, 1.82) is 0 Å². The second-order valence-electron chi connectivity index (χ2n) is 4.14. The number of amides is 1. The van der Waals surface area contributed by atoms with Crippen LogP contribution in [0.15, 0.2) is 6.07 Å². The Morgan fingerprint density at radius 3 is 2.81 bits per heavy atom. The van der Waals surface area contributed by atoms with E-state index >= 15 is 0 Å². The molecule has 3 nitrogen and oxygen atoms in total. The van der Waals surface area contributed by atoms with E-state index in [4.69, 9.17) is 5.73 Å². The van der Waals surface area contributed by atoms with Gasteiger partial charge in [0.2, 0.25) is 0 Å². The predicted octanol–water partition coefficient (Wildman–Crippen LogP) is 2.95. The molecule has 1 amide bonds. The van der Waals surface area contributed by atoms with Crippen LogP contribution in [-0.4, -0.2) is 11.9 Å². The third-order valence-electron chi connectivity index (χ3n) is 2.55. The Balaban J connectivity index is 2.52. The summed E-state index contributed by atoms with van der Waals surface area (Å²) in [7, 11) is 0. The molecule has 0 aliphatic carbocycles. The van der Waals surface area contributed by atoms with Crippen molar-refractivity contribution in [2.45, 2.75) is 46.1 Å². The average Bonchev–Trinajstić information content (AvgIpc) is 2.56. The lowest BCUT2D eigenvalue weighted by molar-refractivity contribution is 0.0942. The SMILES string of the molecule is CCCCC(C)NC(=O)c1cc(N)c(C)s1. The Morgan fingerprint density at radius 2 is 2.31 bits per heavy atom. The molecule has 16 heavy (non-hydrogen) atoms. The number of carbonyl (C=O) groups is 1. The first kappa shape index (κ1) is 13.0. The molecule has 0 aromatic carbocycles. The number of aryl methyl sites for hydroxylation is 1. The maximum atomic E-state index is 11.8. The van der Waals surface area contributed by atoms with E-state index in [-0.39, 0.29) is 11.9 Å². The minimum atomic E-state index is -0.00611. The second kappa shape index (κ2) is 5.89. The third kappa shape index (κ3) is 3.52. The average molecular weight is 240 g/mol. The first-order chi connectivity index (χ1) is 7.54. The Bertz CT molecular complexity index is 340. The molecular formula is C12H20N2OS. The fourth-order valence-corrected chi connectivity index (χ4v) is 2.33. The van der Waals surface area contributed by atoms with E-state index in [1.165, 1.54) is 11.3 Å². The normalized spacial score (nSPS) is 12.4. The minimum Gasteiger partial charge on any atom is -0.398 e. The van der Waals surface area contributed by atoms with Gasteiger partial charge in [0, 0.05) is 16.6 Å². The summed E-state index contributed by atoms with van der Waals surface area (Å²) in [5, 5.41) is 2.99. The molecule has 3 N–H and O–H groups in total. The Hall–Kier alpha value is -1.03. The number of anilines is 1. The van der Waals surface area contributed by atoms with Crippen LogP contribution in [0.25, 0.3) is 0 Å². The summed E-state index contributed by atoms with van der Waals surface area (Å²) in [5.74, 6) is -0.00611. The highest BCUT2D eigenvalue weighted by atomic mass is 32.1. The van der Waals surface area contributed by atoms with Crippen molar-refractivity contribution >= 4 is 22.9 Å². The van der Waals surface area contributed by atoms with Gasteiger partial charge in [-0.1, -0.05) is 19.8 Å². The Labute approximate surface area is 101 Å². The molecule has 1 aromatic heterocycles. The maximum absolute atomic E-state index is 11.8. The number of nitrogen functional groups attached to an aromatic ring is 1. The fourth-order valence-electron chi connectivity index (χ4n) is 1.49. The lowest BCUT2D eigenvalue weighted by atomic mass is 10.1. The van der Waals surface area contributed by atoms with E-state index < -0.39 is 0 Å². The van der Waals surface area contributed by atoms with E-state index in [1.54, 1.807) is 6.07 Å². The topological polar surface area (TPSA) is 55.1 Å². The van der Waals surface area contributed by atoms with Crippen molar-refractivity contribution < 1.29 is 4.79 Å². The van der Waals surface area contributed by atoms with Crippen molar-refractivity contribution in [3.63, 3.8) is 0 Å². The van der Waals surface area contributed by atoms with Gasteiger partial charge in [0.1, 0.15) is 0 Å². The first-order valence-electron chi connectivity index (χ1n) is 5.71. The number of carbonyl (C=O) groups excluding carboxylic acids is 1. The standard InChI is InChI=1S/C12H20N2OS/c1-4-5-6-8(2)14-12(15)11-7-10(13)9(3)16-11/h7-8H,4-6,13H2,1-3H3,(H,14,15). The van der Waals surface area contributed by atoms with Gasteiger partial charge in [0.25, 0.3) is 5.91 Å². The minimum absolute atomic E-state index is 0.00611. The molecule has 0 aliphatic rings. The van der Waals surface area contributed by atoms with Crippen LogP contribution in [0, 0.1) is 6.92 Å². The van der Waals surface area contributed by atoms with Crippen LogP contribution in [-0.2, 0) is 0 Å². The molecular weight excluding hydrogens is 220 g/mol. The molecule has 0 saturated heterocycles. The van der Waals surface area contributed by atoms with Crippen LogP contribution in [0.1, 0.15) is 47.7 Å². The summed E-state index contributed by atoms with van der Waals surface area (Å²) in [6, 6.07) is 1.98. The molecule has 0 radical (unpaired) electrons. The molecule has 0 fully saturated rings. The summed E-state index contributed by atoms with van der Waals surface area (Å²) in [6.07, 6.45) is 3.33. The predicted molar refractivity (Wildman–Crippen MR) is 69.9 cm³/mol. The van der Waals surface area contributed by atoms with Gasteiger partial charge in [-0.15, -0.1) is 11.3 Å². The van der Waals surface area contributed by atoms with Crippen LogP contribution < -0.4 is 11.1 Å². The molecule has 0 spiro atoms. The molecule has 1 heterocycles. The number of nitrogens with two attached hydrogens (primary N) is 1.